The molecule has 2 aliphatic heterocycles. The van der Waals surface area contributed by atoms with E-state index in [4.69, 9.17) is 41.4 Å². The van der Waals surface area contributed by atoms with Gasteiger partial charge in [0.15, 0.2) is 23.3 Å². The maximum Gasteiger partial charge on any atom is 0.164 e. The molecule has 7 aromatic rings. The van der Waals surface area contributed by atoms with Gasteiger partial charge in [0.25, 0.3) is 0 Å². The number of anilines is 2. The normalized spacial score (nSPS) is 11.8. The standard InChI is InChI=1S/C33H19N11/c34-14-22-24-21(13-23(35)25(22)36)32-42-30-18-10-4-3-9-17(18)28(40-30)38-26-15-7-1-2-8-16(15)27(37-26)39-29-19-11-5-6-12-20(19)31(41-29)43-33(24)44-32/h1-13H,35-36H2,(H2,37,38,39,40,41,42,43,44). The number of nitrogen functional groups attached to an aromatic ring is 2. The maximum absolute atomic E-state index is 10.2. The lowest BCUT2D eigenvalue weighted by Crippen LogP contribution is -1.98. The van der Waals surface area contributed by atoms with Crippen LogP contribution in [0.25, 0.3) is 89.7 Å². The highest BCUT2D eigenvalue weighted by Gasteiger charge is 2.23. The first-order valence-corrected chi connectivity index (χ1v) is 13.8. The number of nitriles is 1. The number of nitrogens with two attached hydrogens (primary N) is 2. The Kier molecular flexibility index (Phi) is 4.72. The van der Waals surface area contributed by atoms with Crippen molar-refractivity contribution in [2.45, 2.75) is 0 Å². The van der Waals surface area contributed by atoms with Crippen LogP contribution >= 0.6 is 0 Å². The van der Waals surface area contributed by atoms with Gasteiger partial charge in [-0.2, -0.15) is 5.26 Å². The van der Waals surface area contributed by atoms with Gasteiger partial charge in [0.2, 0.25) is 0 Å². The molecule has 9 rings (SSSR count). The number of aromatic amines is 2. The van der Waals surface area contributed by atoms with Crippen molar-refractivity contribution in [3.63, 3.8) is 0 Å². The van der Waals surface area contributed by atoms with Gasteiger partial charge >= 0.3 is 0 Å². The Morgan fingerprint density at radius 3 is 1.41 bits per heavy atom. The number of fused-ring (bicyclic) bond motifs is 20. The minimum atomic E-state index is 0.177. The zero-order valence-electron chi connectivity index (χ0n) is 22.8. The van der Waals surface area contributed by atoms with Gasteiger partial charge in [0.1, 0.15) is 28.7 Å². The first-order chi connectivity index (χ1) is 21.6. The molecule has 11 nitrogen and oxygen atoms in total. The highest BCUT2D eigenvalue weighted by molar-refractivity contribution is 6.12. The summed E-state index contributed by atoms with van der Waals surface area (Å²) < 4.78 is 0. The number of benzene rings is 4. The van der Waals surface area contributed by atoms with E-state index in [0.29, 0.717) is 56.7 Å². The van der Waals surface area contributed by atoms with Crippen LogP contribution < -0.4 is 11.5 Å². The predicted molar refractivity (Wildman–Crippen MR) is 170 cm³/mol. The molecule has 0 atom stereocenters. The van der Waals surface area contributed by atoms with E-state index in [1.54, 1.807) is 6.07 Å². The maximum atomic E-state index is 10.2. The molecule has 0 aliphatic carbocycles. The molecule has 11 heteroatoms. The van der Waals surface area contributed by atoms with Crippen LogP contribution in [0.4, 0.5) is 11.4 Å². The molecule has 44 heavy (non-hydrogen) atoms. The molecule has 0 radical (unpaired) electrons. The summed E-state index contributed by atoms with van der Waals surface area (Å²) in [6.07, 6.45) is 0. The smallest absolute Gasteiger partial charge is 0.164 e. The number of nitrogens with zero attached hydrogens (tertiary/aromatic N) is 7. The van der Waals surface area contributed by atoms with Crippen molar-refractivity contribution in [3.8, 4) is 51.6 Å². The molecule has 0 amide bonds. The Balaban J connectivity index is 1.54. The van der Waals surface area contributed by atoms with Gasteiger partial charge in [-0.25, -0.2) is 29.9 Å². The summed E-state index contributed by atoms with van der Waals surface area (Å²) in [5.41, 5.74) is 18.5. The molecule has 8 bridgehead atoms. The van der Waals surface area contributed by atoms with Crippen molar-refractivity contribution in [1.82, 2.24) is 39.9 Å². The molecular formula is C33H19N11. The van der Waals surface area contributed by atoms with E-state index in [9.17, 15) is 5.26 Å². The Bertz CT molecular complexity index is 2610. The van der Waals surface area contributed by atoms with E-state index in [0.717, 1.165) is 33.0 Å². The van der Waals surface area contributed by atoms with E-state index in [1.165, 1.54) is 0 Å². The second-order valence-corrected chi connectivity index (χ2v) is 10.5. The molecule has 0 unspecified atom stereocenters. The minimum absolute atomic E-state index is 0.177. The number of H-pyrrole nitrogens is 2. The molecule has 4 aromatic carbocycles. The lowest BCUT2D eigenvalue weighted by atomic mass is 10.1. The quantitative estimate of drug-likeness (QED) is 0.161. The second-order valence-electron chi connectivity index (χ2n) is 10.5. The molecule has 0 saturated carbocycles. The summed E-state index contributed by atoms with van der Waals surface area (Å²) in [6.45, 7) is 0. The summed E-state index contributed by atoms with van der Waals surface area (Å²) in [7, 11) is 0. The molecule has 0 fully saturated rings. The third-order valence-corrected chi connectivity index (χ3v) is 8.03. The van der Waals surface area contributed by atoms with E-state index >= 15 is 0 Å². The molecule has 6 N–H and O–H groups in total. The number of hydrogen-bond acceptors (Lipinski definition) is 9. The fourth-order valence-electron chi connectivity index (χ4n) is 5.95. The van der Waals surface area contributed by atoms with E-state index in [-0.39, 0.29) is 16.9 Å². The van der Waals surface area contributed by atoms with Crippen molar-refractivity contribution < 1.29 is 0 Å². The highest BCUT2D eigenvalue weighted by atomic mass is 15.1. The summed E-state index contributed by atoms with van der Waals surface area (Å²) in [5.74, 6) is 1.89. The van der Waals surface area contributed by atoms with Gasteiger partial charge in [-0.3, -0.25) is 0 Å². The number of rotatable bonds is 0. The molecule has 206 valence electrons. The highest BCUT2D eigenvalue weighted by Crippen LogP contribution is 2.38. The van der Waals surface area contributed by atoms with Gasteiger partial charge in [-0.05, 0) is 6.07 Å². The van der Waals surface area contributed by atoms with Crippen LogP contribution in [0.2, 0.25) is 0 Å². The SMILES string of the molecule is N#Cc1c(N)c(N)cc2c3nc4nc(nc5[nH]c(nc6nc(nc([nH]3)c12)-c1ccccc1-6)c1ccccc51)-c1ccccc1-4. The van der Waals surface area contributed by atoms with Crippen LogP contribution in [0.15, 0.2) is 78.9 Å². The number of hydrogen-bond donors (Lipinski definition) is 4. The zero-order valence-corrected chi connectivity index (χ0v) is 22.8. The molecule has 3 aromatic heterocycles. The van der Waals surface area contributed by atoms with Crippen LogP contribution in [0.3, 0.4) is 0 Å². The predicted octanol–water partition coefficient (Wildman–Crippen LogP) is 5.91. The van der Waals surface area contributed by atoms with E-state index in [2.05, 4.69) is 16.0 Å². The van der Waals surface area contributed by atoms with Gasteiger partial charge in [0.05, 0.1) is 16.9 Å². The van der Waals surface area contributed by atoms with E-state index < -0.39 is 0 Å². The van der Waals surface area contributed by atoms with Crippen molar-refractivity contribution in [2.75, 3.05) is 11.5 Å². The van der Waals surface area contributed by atoms with Gasteiger partial charge in [0, 0.05) is 43.8 Å². The van der Waals surface area contributed by atoms with Gasteiger partial charge in [-0.15, -0.1) is 0 Å². The molecular weight excluding hydrogens is 550 g/mol. The molecule has 2 aliphatic rings. The third-order valence-electron chi connectivity index (χ3n) is 8.03. The topological polar surface area (TPSA) is 185 Å². The Labute approximate surface area is 248 Å². The number of nitrogens with one attached hydrogen (secondary N) is 2. The van der Waals surface area contributed by atoms with Crippen LogP contribution in [0.1, 0.15) is 5.56 Å². The van der Waals surface area contributed by atoms with Crippen LogP contribution in [-0.4, -0.2) is 39.9 Å². The lowest BCUT2D eigenvalue weighted by Gasteiger charge is -2.03. The summed E-state index contributed by atoms with van der Waals surface area (Å²) in [5, 5.41) is 13.0. The minimum Gasteiger partial charge on any atom is -0.397 e. The fraction of sp³-hybridized carbons (Fsp3) is 0. The van der Waals surface area contributed by atoms with Crippen LogP contribution in [0.5, 0.6) is 0 Å². The summed E-state index contributed by atoms with van der Waals surface area (Å²) in [4.78, 5) is 36.3. The molecule has 0 saturated heterocycles. The first kappa shape index (κ1) is 24.0. The van der Waals surface area contributed by atoms with E-state index in [1.807, 2.05) is 72.8 Å². The average Bonchev–Trinajstić information content (AvgIpc) is 3.77. The van der Waals surface area contributed by atoms with Crippen molar-refractivity contribution in [2.24, 2.45) is 0 Å². The van der Waals surface area contributed by atoms with Crippen molar-refractivity contribution in [3.05, 3.63) is 84.4 Å². The zero-order chi connectivity index (χ0) is 29.5. The van der Waals surface area contributed by atoms with Gasteiger partial charge in [-0.1, -0.05) is 72.8 Å². The Morgan fingerprint density at radius 1 is 0.523 bits per heavy atom. The summed E-state index contributed by atoms with van der Waals surface area (Å²) >= 11 is 0. The Morgan fingerprint density at radius 2 is 0.932 bits per heavy atom. The average molecular weight is 570 g/mol. The molecule has 5 heterocycles. The lowest BCUT2D eigenvalue weighted by molar-refractivity contribution is 1.19. The van der Waals surface area contributed by atoms with Gasteiger partial charge < -0.3 is 21.4 Å². The fourth-order valence-corrected chi connectivity index (χ4v) is 5.95. The summed E-state index contributed by atoms with van der Waals surface area (Å²) in [6, 6.07) is 27.4. The van der Waals surface area contributed by atoms with Crippen molar-refractivity contribution >= 4 is 55.5 Å². The Hall–Kier alpha value is -6.67. The second kappa shape index (κ2) is 8.67. The largest absolute Gasteiger partial charge is 0.397 e. The number of aromatic nitrogens is 8. The van der Waals surface area contributed by atoms with Crippen LogP contribution in [0, 0.1) is 11.3 Å². The van der Waals surface area contributed by atoms with Crippen LogP contribution in [-0.2, 0) is 0 Å². The monoisotopic (exact) mass is 569 g/mol. The third kappa shape index (κ3) is 3.30. The molecule has 0 spiro atoms. The first-order valence-electron chi connectivity index (χ1n) is 13.8. The van der Waals surface area contributed by atoms with Crippen molar-refractivity contribution in [1.29, 1.82) is 5.26 Å².